The molecule has 1 N–H and O–H groups in total. The molecule has 2 heterocycles. The van der Waals surface area contributed by atoms with E-state index in [4.69, 9.17) is 4.74 Å². The SMILES string of the molecule is Cc1ncsc1C(=O)NC(C)C1CCCO1. The summed E-state index contributed by atoms with van der Waals surface area (Å²) < 4.78 is 5.54. The van der Waals surface area contributed by atoms with Gasteiger partial charge in [-0.3, -0.25) is 4.79 Å². The molecule has 88 valence electrons. The maximum Gasteiger partial charge on any atom is 0.263 e. The second-order valence-corrected chi connectivity index (χ2v) is 4.94. The second kappa shape index (κ2) is 4.93. The first-order valence-corrected chi connectivity index (χ1v) is 6.39. The number of carbonyl (C=O) groups excluding carboxylic acids is 1. The molecule has 2 atom stereocenters. The lowest BCUT2D eigenvalue weighted by atomic mass is 10.1. The monoisotopic (exact) mass is 240 g/mol. The summed E-state index contributed by atoms with van der Waals surface area (Å²) in [7, 11) is 0. The van der Waals surface area contributed by atoms with E-state index in [0.717, 1.165) is 25.1 Å². The number of hydrogen-bond acceptors (Lipinski definition) is 4. The average Bonchev–Trinajstić information content (AvgIpc) is 2.86. The Morgan fingerprint density at radius 3 is 3.12 bits per heavy atom. The Bertz CT molecular complexity index is 372. The van der Waals surface area contributed by atoms with Crippen LogP contribution in [0.1, 0.15) is 35.1 Å². The molecule has 0 aromatic carbocycles. The zero-order valence-electron chi connectivity index (χ0n) is 9.53. The number of aromatic nitrogens is 1. The first kappa shape index (κ1) is 11.5. The Morgan fingerprint density at radius 1 is 1.75 bits per heavy atom. The molecule has 2 unspecified atom stereocenters. The standard InChI is InChI=1S/C11H16N2O2S/c1-7(9-4-3-5-15-9)13-11(14)10-8(2)12-6-16-10/h6-7,9H,3-5H2,1-2H3,(H,13,14). The first-order chi connectivity index (χ1) is 7.68. The van der Waals surface area contributed by atoms with Gasteiger partial charge in [0.25, 0.3) is 5.91 Å². The van der Waals surface area contributed by atoms with Gasteiger partial charge in [-0.25, -0.2) is 4.98 Å². The van der Waals surface area contributed by atoms with E-state index >= 15 is 0 Å². The van der Waals surface area contributed by atoms with Crippen LogP contribution in [-0.2, 0) is 4.74 Å². The fraction of sp³-hybridized carbons (Fsp3) is 0.636. The van der Waals surface area contributed by atoms with Gasteiger partial charge in [-0.05, 0) is 26.7 Å². The molecule has 0 aliphatic carbocycles. The van der Waals surface area contributed by atoms with E-state index in [2.05, 4.69) is 10.3 Å². The number of ether oxygens (including phenoxy) is 1. The molecule has 0 saturated carbocycles. The lowest BCUT2D eigenvalue weighted by Crippen LogP contribution is -2.40. The van der Waals surface area contributed by atoms with Gasteiger partial charge in [0.1, 0.15) is 4.88 Å². The molecule has 1 aliphatic rings. The Balaban J connectivity index is 1.94. The highest BCUT2D eigenvalue weighted by molar-refractivity contribution is 7.11. The smallest absolute Gasteiger partial charge is 0.263 e. The predicted octanol–water partition coefficient (Wildman–Crippen LogP) is 1.75. The third-order valence-electron chi connectivity index (χ3n) is 2.83. The normalized spacial score (nSPS) is 22.0. The molecule has 0 bridgehead atoms. The van der Waals surface area contributed by atoms with Crippen LogP contribution in [0, 0.1) is 6.92 Å². The minimum absolute atomic E-state index is 0.0389. The molecule has 4 nitrogen and oxygen atoms in total. The topological polar surface area (TPSA) is 51.2 Å². The van der Waals surface area contributed by atoms with Crippen molar-refractivity contribution in [2.24, 2.45) is 0 Å². The number of hydrogen-bond donors (Lipinski definition) is 1. The van der Waals surface area contributed by atoms with Crippen molar-refractivity contribution in [3.05, 3.63) is 16.1 Å². The molecular weight excluding hydrogens is 224 g/mol. The summed E-state index contributed by atoms with van der Waals surface area (Å²) in [5.74, 6) is -0.0389. The Hall–Kier alpha value is -0.940. The number of nitrogens with zero attached hydrogens (tertiary/aromatic N) is 1. The van der Waals surface area contributed by atoms with E-state index in [0.29, 0.717) is 4.88 Å². The number of aryl methyl sites for hydroxylation is 1. The van der Waals surface area contributed by atoms with Gasteiger partial charge in [-0.2, -0.15) is 0 Å². The van der Waals surface area contributed by atoms with Crippen LogP contribution in [0.5, 0.6) is 0 Å². The van der Waals surface area contributed by atoms with Crippen LogP contribution in [-0.4, -0.2) is 29.6 Å². The van der Waals surface area contributed by atoms with E-state index in [1.54, 1.807) is 5.51 Å². The largest absolute Gasteiger partial charge is 0.376 e. The van der Waals surface area contributed by atoms with E-state index in [1.807, 2.05) is 13.8 Å². The molecule has 0 radical (unpaired) electrons. The van der Waals surface area contributed by atoms with Gasteiger partial charge >= 0.3 is 0 Å². The molecule has 1 saturated heterocycles. The fourth-order valence-corrected chi connectivity index (χ4v) is 2.59. The highest BCUT2D eigenvalue weighted by Gasteiger charge is 2.24. The van der Waals surface area contributed by atoms with Crippen molar-refractivity contribution in [2.75, 3.05) is 6.61 Å². The van der Waals surface area contributed by atoms with Crippen molar-refractivity contribution in [1.29, 1.82) is 0 Å². The molecule has 5 heteroatoms. The summed E-state index contributed by atoms with van der Waals surface area (Å²) >= 11 is 1.38. The lowest BCUT2D eigenvalue weighted by Gasteiger charge is -2.19. The lowest BCUT2D eigenvalue weighted by molar-refractivity contribution is 0.0714. The van der Waals surface area contributed by atoms with Crippen LogP contribution in [0.3, 0.4) is 0 Å². The highest BCUT2D eigenvalue weighted by Crippen LogP contribution is 2.17. The van der Waals surface area contributed by atoms with Crippen LogP contribution in [0.25, 0.3) is 0 Å². The fourth-order valence-electron chi connectivity index (χ4n) is 1.88. The van der Waals surface area contributed by atoms with Crippen LogP contribution in [0.4, 0.5) is 0 Å². The van der Waals surface area contributed by atoms with Gasteiger partial charge in [0.2, 0.25) is 0 Å². The van der Waals surface area contributed by atoms with E-state index in [-0.39, 0.29) is 18.1 Å². The molecule has 1 aromatic heterocycles. The predicted molar refractivity (Wildman–Crippen MR) is 62.8 cm³/mol. The second-order valence-electron chi connectivity index (χ2n) is 4.08. The van der Waals surface area contributed by atoms with Crippen molar-refractivity contribution in [2.45, 2.75) is 38.8 Å². The molecule has 1 fully saturated rings. The van der Waals surface area contributed by atoms with Crippen LogP contribution >= 0.6 is 11.3 Å². The first-order valence-electron chi connectivity index (χ1n) is 5.51. The van der Waals surface area contributed by atoms with Gasteiger partial charge in [-0.15, -0.1) is 11.3 Å². The van der Waals surface area contributed by atoms with Crippen LogP contribution in [0.2, 0.25) is 0 Å². The molecule has 16 heavy (non-hydrogen) atoms. The number of carbonyl (C=O) groups is 1. The zero-order valence-corrected chi connectivity index (χ0v) is 10.3. The third-order valence-corrected chi connectivity index (χ3v) is 3.76. The third kappa shape index (κ3) is 2.41. The molecular formula is C11H16N2O2S. The maximum atomic E-state index is 11.9. The summed E-state index contributed by atoms with van der Waals surface area (Å²) in [6.45, 7) is 4.65. The molecule has 1 amide bonds. The van der Waals surface area contributed by atoms with Crippen LogP contribution in [0.15, 0.2) is 5.51 Å². The van der Waals surface area contributed by atoms with Crippen molar-refractivity contribution < 1.29 is 9.53 Å². The summed E-state index contributed by atoms with van der Waals surface area (Å²) in [4.78, 5) is 16.7. The average molecular weight is 240 g/mol. The molecule has 1 aliphatic heterocycles. The highest BCUT2D eigenvalue weighted by atomic mass is 32.1. The molecule has 2 rings (SSSR count). The summed E-state index contributed by atoms with van der Waals surface area (Å²) in [5.41, 5.74) is 2.49. The number of thiazole rings is 1. The molecule has 1 aromatic rings. The van der Waals surface area contributed by atoms with Crippen molar-refractivity contribution in [1.82, 2.24) is 10.3 Å². The summed E-state index contributed by atoms with van der Waals surface area (Å²) in [6.07, 6.45) is 2.28. The van der Waals surface area contributed by atoms with Gasteiger partial charge in [0.05, 0.1) is 23.4 Å². The zero-order chi connectivity index (χ0) is 11.5. The maximum absolute atomic E-state index is 11.9. The quantitative estimate of drug-likeness (QED) is 0.875. The Morgan fingerprint density at radius 2 is 2.56 bits per heavy atom. The Labute approximate surface area is 99.0 Å². The van der Waals surface area contributed by atoms with E-state index in [9.17, 15) is 4.79 Å². The van der Waals surface area contributed by atoms with Gasteiger partial charge in [0.15, 0.2) is 0 Å². The minimum atomic E-state index is -0.0389. The number of amides is 1. The van der Waals surface area contributed by atoms with Gasteiger partial charge in [-0.1, -0.05) is 0 Å². The van der Waals surface area contributed by atoms with E-state index < -0.39 is 0 Å². The number of rotatable bonds is 3. The number of nitrogens with one attached hydrogen (secondary N) is 1. The van der Waals surface area contributed by atoms with Gasteiger partial charge < -0.3 is 10.1 Å². The summed E-state index contributed by atoms with van der Waals surface area (Å²) in [5, 5.41) is 2.97. The summed E-state index contributed by atoms with van der Waals surface area (Å²) in [6, 6.07) is 0.0662. The van der Waals surface area contributed by atoms with Gasteiger partial charge in [0, 0.05) is 6.61 Å². The molecule has 0 spiro atoms. The van der Waals surface area contributed by atoms with Crippen LogP contribution < -0.4 is 5.32 Å². The minimum Gasteiger partial charge on any atom is -0.376 e. The van der Waals surface area contributed by atoms with E-state index in [1.165, 1.54) is 11.3 Å². The van der Waals surface area contributed by atoms with Crippen molar-refractivity contribution in [3.63, 3.8) is 0 Å². The van der Waals surface area contributed by atoms with Crippen molar-refractivity contribution in [3.8, 4) is 0 Å². The van der Waals surface area contributed by atoms with Crippen molar-refractivity contribution >= 4 is 17.2 Å². The Kier molecular flexibility index (Phi) is 3.56.